The van der Waals surface area contributed by atoms with Gasteiger partial charge in [0.15, 0.2) is 0 Å². The van der Waals surface area contributed by atoms with Crippen LogP contribution in [0.3, 0.4) is 0 Å². The van der Waals surface area contributed by atoms with Crippen LogP contribution in [0.1, 0.15) is 29.6 Å². The first kappa shape index (κ1) is 18.2. The van der Waals surface area contributed by atoms with Crippen molar-refractivity contribution in [3.8, 4) is 11.3 Å². The molecule has 0 saturated carbocycles. The highest BCUT2D eigenvalue weighted by atomic mass is 16.2. The van der Waals surface area contributed by atoms with Crippen LogP contribution in [0.25, 0.3) is 22.0 Å². The molecule has 0 spiro atoms. The van der Waals surface area contributed by atoms with Crippen molar-refractivity contribution in [2.75, 3.05) is 13.6 Å². The lowest BCUT2D eigenvalue weighted by atomic mass is 9.98. The Kier molecular flexibility index (Phi) is 5.06. The summed E-state index contributed by atoms with van der Waals surface area (Å²) < 4.78 is 0. The summed E-state index contributed by atoms with van der Waals surface area (Å²) in [4.78, 5) is 31.7. The molecule has 1 fully saturated rings. The number of piperidine rings is 1. The molecule has 142 valence electrons. The summed E-state index contributed by atoms with van der Waals surface area (Å²) in [5.74, 6) is -0.199. The Hall–Kier alpha value is -3.21. The minimum atomic E-state index is -0.398. The van der Waals surface area contributed by atoms with E-state index in [1.165, 1.54) is 0 Å². The Bertz CT molecular complexity index is 1030. The average Bonchev–Trinajstić information content (AvgIpc) is 2.77. The Morgan fingerprint density at radius 2 is 1.93 bits per heavy atom. The second-order valence-electron chi connectivity index (χ2n) is 7.09. The van der Waals surface area contributed by atoms with E-state index in [2.05, 4.69) is 16.4 Å². The third-order valence-electron chi connectivity index (χ3n) is 5.37. The topological polar surface area (TPSA) is 62.3 Å². The van der Waals surface area contributed by atoms with Crippen LogP contribution in [-0.2, 0) is 4.79 Å². The number of likely N-dealkylation sites (N-methyl/N-ethyl adjacent to an activating group) is 1. The standard InChI is InChI=1S/C23H23N3O2/c1-24-22(27)20-11-4-5-14-26(20)23(28)18-9-6-8-17(15-18)21-19-10-3-2-7-16(19)12-13-25-21/h2-3,6-10,12-13,15,20H,4-5,11,14H2,1H3,(H,24,27)/t20-/m1/s1. The molecule has 5 heteroatoms. The average molecular weight is 373 g/mol. The number of likely N-dealkylation sites (tertiary alicyclic amines) is 1. The fourth-order valence-electron chi connectivity index (χ4n) is 3.93. The summed E-state index contributed by atoms with van der Waals surface area (Å²) in [6, 6.07) is 17.2. The van der Waals surface area contributed by atoms with E-state index in [0.29, 0.717) is 18.5 Å². The summed E-state index contributed by atoms with van der Waals surface area (Å²) >= 11 is 0. The third kappa shape index (κ3) is 3.36. The molecule has 1 aromatic heterocycles. The van der Waals surface area contributed by atoms with Crippen LogP contribution in [0.2, 0.25) is 0 Å². The molecule has 0 radical (unpaired) electrons. The van der Waals surface area contributed by atoms with Gasteiger partial charge in [0, 0.05) is 36.3 Å². The van der Waals surface area contributed by atoms with E-state index in [4.69, 9.17) is 0 Å². The molecule has 1 aliphatic heterocycles. The highest BCUT2D eigenvalue weighted by molar-refractivity contribution is 6.00. The van der Waals surface area contributed by atoms with Crippen molar-refractivity contribution in [3.63, 3.8) is 0 Å². The van der Waals surface area contributed by atoms with Crippen LogP contribution in [0, 0.1) is 0 Å². The van der Waals surface area contributed by atoms with Gasteiger partial charge in [-0.2, -0.15) is 0 Å². The lowest BCUT2D eigenvalue weighted by Gasteiger charge is -2.34. The largest absolute Gasteiger partial charge is 0.357 e. The highest BCUT2D eigenvalue weighted by Crippen LogP contribution is 2.28. The maximum atomic E-state index is 13.2. The van der Waals surface area contributed by atoms with Crippen molar-refractivity contribution in [2.24, 2.45) is 0 Å². The fraction of sp³-hybridized carbons (Fsp3) is 0.261. The molecular weight excluding hydrogens is 350 g/mol. The van der Waals surface area contributed by atoms with Crippen molar-refractivity contribution < 1.29 is 9.59 Å². The number of rotatable bonds is 3. The number of aromatic nitrogens is 1. The molecule has 1 saturated heterocycles. The summed E-state index contributed by atoms with van der Waals surface area (Å²) in [7, 11) is 1.62. The van der Waals surface area contributed by atoms with Crippen LogP contribution in [0.5, 0.6) is 0 Å². The predicted octanol–water partition coefficient (Wildman–Crippen LogP) is 3.64. The zero-order chi connectivity index (χ0) is 19.5. The number of carbonyl (C=O) groups excluding carboxylic acids is 2. The SMILES string of the molecule is CNC(=O)[C@H]1CCCCN1C(=O)c1cccc(-c2nccc3ccccc23)c1. The number of amides is 2. The van der Waals surface area contributed by atoms with Gasteiger partial charge in [-0.15, -0.1) is 0 Å². The number of hydrogen-bond donors (Lipinski definition) is 1. The molecule has 3 aromatic rings. The number of carbonyl (C=O) groups is 2. The van der Waals surface area contributed by atoms with E-state index in [1.54, 1.807) is 18.1 Å². The summed E-state index contributed by atoms with van der Waals surface area (Å²) in [6.45, 7) is 0.605. The maximum absolute atomic E-state index is 13.2. The lowest BCUT2D eigenvalue weighted by Crippen LogP contribution is -2.51. The predicted molar refractivity (Wildman–Crippen MR) is 110 cm³/mol. The van der Waals surface area contributed by atoms with Crippen LogP contribution in [-0.4, -0.2) is 41.3 Å². The molecule has 28 heavy (non-hydrogen) atoms. The quantitative estimate of drug-likeness (QED) is 0.762. The van der Waals surface area contributed by atoms with Gasteiger partial charge < -0.3 is 10.2 Å². The van der Waals surface area contributed by atoms with Crippen LogP contribution < -0.4 is 5.32 Å². The van der Waals surface area contributed by atoms with Gasteiger partial charge in [0.1, 0.15) is 6.04 Å². The number of hydrogen-bond acceptors (Lipinski definition) is 3. The van der Waals surface area contributed by atoms with Crippen molar-refractivity contribution in [3.05, 3.63) is 66.4 Å². The number of nitrogens with zero attached hydrogens (tertiary/aromatic N) is 2. The molecule has 0 unspecified atom stereocenters. The van der Waals surface area contributed by atoms with E-state index in [9.17, 15) is 9.59 Å². The molecule has 1 aliphatic rings. The lowest BCUT2D eigenvalue weighted by molar-refractivity contribution is -0.126. The fourth-order valence-corrected chi connectivity index (χ4v) is 3.93. The zero-order valence-corrected chi connectivity index (χ0v) is 15.9. The Morgan fingerprint density at radius 1 is 1.07 bits per heavy atom. The molecule has 0 aliphatic carbocycles. The van der Waals surface area contributed by atoms with E-state index in [1.807, 2.05) is 48.5 Å². The Balaban J connectivity index is 1.70. The maximum Gasteiger partial charge on any atom is 0.254 e. The van der Waals surface area contributed by atoms with Crippen LogP contribution >= 0.6 is 0 Å². The van der Waals surface area contributed by atoms with Gasteiger partial charge in [0.05, 0.1) is 5.69 Å². The summed E-state index contributed by atoms with van der Waals surface area (Å²) in [5.41, 5.74) is 2.34. The van der Waals surface area contributed by atoms with Gasteiger partial charge in [0.25, 0.3) is 5.91 Å². The first-order chi connectivity index (χ1) is 13.7. The second kappa shape index (κ2) is 7.80. The molecule has 2 aromatic carbocycles. The van der Waals surface area contributed by atoms with Crippen molar-refractivity contribution in [1.82, 2.24) is 15.2 Å². The van der Waals surface area contributed by atoms with Crippen molar-refractivity contribution in [1.29, 1.82) is 0 Å². The molecule has 0 bridgehead atoms. The van der Waals surface area contributed by atoms with Crippen LogP contribution in [0.15, 0.2) is 60.8 Å². The minimum Gasteiger partial charge on any atom is -0.357 e. The van der Waals surface area contributed by atoms with E-state index < -0.39 is 6.04 Å². The monoisotopic (exact) mass is 373 g/mol. The van der Waals surface area contributed by atoms with Gasteiger partial charge in [-0.1, -0.05) is 36.4 Å². The molecule has 4 rings (SSSR count). The van der Waals surface area contributed by atoms with Crippen molar-refractivity contribution in [2.45, 2.75) is 25.3 Å². The molecule has 5 nitrogen and oxygen atoms in total. The van der Waals surface area contributed by atoms with E-state index in [-0.39, 0.29) is 11.8 Å². The van der Waals surface area contributed by atoms with Gasteiger partial charge in [0.2, 0.25) is 5.91 Å². The van der Waals surface area contributed by atoms with E-state index >= 15 is 0 Å². The summed E-state index contributed by atoms with van der Waals surface area (Å²) in [6.07, 6.45) is 4.38. The van der Waals surface area contributed by atoms with Crippen molar-refractivity contribution >= 4 is 22.6 Å². The molecule has 1 N–H and O–H groups in total. The number of fused-ring (bicyclic) bond motifs is 1. The number of benzene rings is 2. The van der Waals surface area contributed by atoms with Gasteiger partial charge in [-0.25, -0.2) is 0 Å². The normalized spacial score (nSPS) is 16.8. The van der Waals surface area contributed by atoms with E-state index in [0.717, 1.165) is 34.9 Å². The Labute approximate surface area is 164 Å². The second-order valence-corrected chi connectivity index (χ2v) is 7.09. The molecule has 2 heterocycles. The van der Waals surface area contributed by atoms with Gasteiger partial charge in [-0.3, -0.25) is 14.6 Å². The number of nitrogens with one attached hydrogen (secondary N) is 1. The molecule has 2 amide bonds. The smallest absolute Gasteiger partial charge is 0.254 e. The Morgan fingerprint density at radius 3 is 2.79 bits per heavy atom. The zero-order valence-electron chi connectivity index (χ0n) is 15.9. The third-order valence-corrected chi connectivity index (χ3v) is 5.37. The highest BCUT2D eigenvalue weighted by Gasteiger charge is 2.32. The molecular formula is C23H23N3O2. The first-order valence-corrected chi connectivity index (χ1v) is 9.66. The summed E-state index contributed by atoms with van der Waals surface area (Å²) in [5, 5.41) is 4.85. The molecule has 1 atom stereocenters. The van der Waals surface area contributed by atoms with Crippen LogP contribution in [0.4, 0.5) is 0 Å². The van der Waals surface area contributed by atoms with Gasteiger partial charge >= 0.3 is 0 Å². The first-order valence-electron chi connectivity index (χ1n) is 9.66. The number of pyridine rings is 1. The minimum absolute atomic E-state index is 0.0973. The van der Waals surface area contributed by atoms with Gasteiger partial charge in [-0.05, 0) is 42.8 Å².